The summed E-state index contributed by atoms with van der Waals surface area (Å²) in [5.41, 5.74) is 1.08. The van der Waals surface area contributed by atoms with E-state index in [4.69, 9.17) is 0 Å². The van der Waals surface area contributed by atoms with E-state index in [0.29, 0.717) is 0 Å². The lowest BCUT2D eigenvalue weighted by Crippen LogP contribution is -2.12. The number of imidazole rings is 1. The van der Waals surface area contributed by atoms with Gasteiger partial charge < -0.3 is 10.3 Å². The third-order valence-corrected chi connectivity index (χ3v) is 3.67. The molecule has 2 aromatic heterocycles. The maximum Gasteiger partial charge on any atom is 0.120 e. The molecule has 0 atom stereocenters. The Kier molecular flexibility index (Phi) is 3.56. The van der Waals surface area contributed by atoms with E-state index in [1.807, 2.05) is 12.3 Å². The molecule has 2 aromatic rings. The SMILES string of the molecule is CCNCc1ncc(-c2ccc(Br)s2)[nH]1. The highest BCUT2D eigenvalue weighted by Gasteiger charge is 2.04. The average molecular weight is 286 g/mol. The van der Waals surface area contributed by atoms with Crippen molar-refractivity contribution in [3.63, 3.8) is 0 Å². The third-order valence-electron chi connectivity index (χ3n) is 2.01. The van der Waals surface area contributed by atoms with Gasteiger partial charge in [-0.3, -0.25) is 0 Å². The lowest BCUT2D eigenvalue weighted by molar-refractivity contribution is 0.698. The number of aromatic nitrogens is 2. The van der Waals surface area contributed by atoms with Gasteiger partial charge in [-0.05, 0) is 34.6 Å². The molecule has 15 heavy (non-hydrogen) atoms. The van der Waals surface area contributed by atoms with Crippen molar-refractivity contribution in [1.29, 1.82) is 0 Å². The molecule has 2 rings (SSSR count). The van der Waals surface area contributed by atoms with Crippen LogP contribution >= 0.6 is 27.3 Å². The number of H-pyrrole nitrogens is 1. The lowest BCUT2D eigenvalue weighted by atomic mass is 10.4. The molecule has 3 nitrogen and oxygen atoms in total. The summed E-state index contributed by atoms with van der Waals surface area (Å²) in [5, 5.41) is 3.23. The molecule has 0 spiro atoms. The minimum absolute atomic E-state index is 0.795. The number of nitrogens with one attached hydrogen (secondary N) is 2. The zero-order chi connectivity index (χ0) is 10.7. The van der Waals surface area contributed by atoms with Gasteiger partial charge in [-0.2, -0.15) is 0 Å². The normalized spacial score (nSPS) is 10.8. The molecule has 0 fully saturated rings. The van der Waals surface area contributed by atoms with E-state index in [1.54, 1.807) is 11.3 Å². The fraction of sp³-hybridized carbons (Fsp3) is 0.300. The Bertz CT molecular complexity index is 435. The van der Waals surface area contributed by atoms with Gasteiger partial charge in [-0.25, -0.2) is 4.98 Å². The molecule has 2 heterocycles. The fourth-order valence-electron chi connectivity index (χ4n) is 1.28. The van der Waals surface area contributed by atoms with E-state index in [9.17, 15) is 0 Å². The van der Waals surface area contributed by atoms with Crippen LogP contribution in [0.4, 0.5) is 0 Å². The first-order valence-electron chi connectivity index (χ1n) is 4.80. The van der Waals surface area contributed by atoms with E-state index >= 15 is 0 Å². The van der Waals surface area contributed by atoms with Crippen LogP contribution in [-0.4, -0.2) is 16.5 Å². The Hall–Kier alpha value is -0.650. The topological polar surface area (TPSA) is 40.7 Å². The molecule has 0 radical (unpaired) electrons. The van der Waals surface area contributed by atoms with Crippen molar-refractivity contribution < 1.29 is 0 Å². The van der Waals surface area contributed by atoms with E-state index in [2.05, 4.69) is 44.2 Å². The van der Waals surface area contributed by atoms with Gasteiger partial charge in [0.2, 0.25) is 0 Å². The molecule has 2 N–H and O–H groups in total. The summed E-state index contributed by atoms with van der Waals surface area (Å²) in [5.74, 6) is 0.983. The van der Waals surface area contributed by atoms with Gasteiger partial charge in [-0.1, -0.05) is 6.92 Å². The summed E-state index contributed by atoms with van der Waals surface area (Å²) in [4.78, 5) is 8.81. The van der Waals surface area contributed by atoms with Gasteiger partial charge >= 0.3 is 0 Å². The van der Waals surface area contributed by atoms with Gasteiger partial charge in [0.1, 0.15) is 5.82 Å². The summed E-state index contributed by atoms with van der Waals surface area (Å²) in [6, 6.07) is 4.13. The Balaban J connectivity index is 2.13. The quantitative estimate of drug-likeness (QED) is 0.907. The van der Waals surface area contributed by atoms with Gasteiger partial charge in [0.05, 0.1) is 27.1 Å². The smallest absolute Gasteiger partial charge is 0.120 e. The number of rotatable bonds is 4. The zero-order valence-corrected chi connectivity index (χ0v) is 10.8. The maximum absolute atomic E-state index is 4.31. The standard InChI is InChI=1S/C10H12BrN3S/c1-2-12-6-10-13-5-7(14-10)8-3-4-9(11)15-8/h3-5,12H,2,6H2,1H3,(H,13,14). The first-order valence-corrected chi connectivity index (χ1v) is 6.41. The van der Waals surface area contributed by atoms with Crippen LogP contribution < -0.4 is 5.32 Å². The molecule has 0 aromatic carbocycles. The van der Waals surface area contributed by atoms with Crippen LogP contribution in [0.3, 0.4) is 0 Å². The molecule has 0 unspecified atom stereocenters. The highest BCUT2D eigenvalue weighted by Crippen LogP contribution is 2.29. The Morgan fingerprint density at radius 3 is 3.07 bits per heavy atom. The minimum Gasteiger partial charge on any atom is -0.340 e. The first kappa shape index (κ1) is 10.9. The van der Waals surface area contributed by atoms with Crippen LogP contribution in [-0.2, 0) is 6.54 Å². The maximum atomic E-state index is 4.31. The second-order valence-corrected chi connectivity index (χ2v) is 5.59. The number of nitrogens with zero attached hydrogens (tertiary/aromatic N) is 1. The molecule has 0 aliphatic carbocycles. The van der Waals surface area contributed by atoms with Crippen molar-refractivity contribution in [3.05, 3.63) is 27.9 Å². The molecule has 0 aliphatic rings. The van der Waals surface area contributed by atoms with Crippen molar-refractivity contribution in [2.45, 2.75) is 13.5 Å². The molecule has 0 amide bonds. The Labute approximate surface area is 101 Å². The second kappa shape index (κ2) is 4.92. The van der Waals surface area contributed by atoms with Gasteiger partial charge in [0.15, 0.2) is 0 Å². The molecule has 0 saturated heterocycles. The van der Waals surface area contributed by atoms with Crippen LogP contribution in [0.1, 0.15) is 12.7 Å². The van der Waals surface area contributed by atoms with Gasteiger partial charge in [0.25, 0.3) is 0 Å². The van der Waals surface area contributed by atoms with Crippen molar-refractivity contribution in [2.24, 2.45) is 0 Å². The summed E-state index contributed by atoms with van der Waals surface area (Å²) < 4.78 is 1.14. The number of hydrogen-bond acceptors (Lipinski definition) is 3. The second-order valence-electron chi connectivity index (χ2n) is 3.13. The predicted molar refractivity (Wildman–Crippen MR) is 67.0 cm³/mol. The lowest BCUT2D eigenvalue weighted by Gasteiger charge is -1.96. The van der Waals surface area contributed by atoms with Crippen LogP contribution in [0.25, 0.3) is 10.6 Å². The Morgan fingerprint density at radius 2 is 2.40 bits per heavy atom. The van der Waals surface area contributed by atoms with Crippen LogP contribution in [0.5, 0.6) is 0 Å². The van der Waals surface area contributed by atoms with E-state index in [0.717, 1.165) is 28.4 Å². The summed E-state index contributed by atoms with van der Waals surface area (Å²) in [6.45, 7) is 3.84. The molecule has 80 valence electrons. The largest absolute Gasteiger partial charge is 0.340 e. The number of hydrogen-bond donors (Lipinski definition) is 2. The Morgan fingerprint density at radius 1 is 1.53 bits per heavy atom. The monoisotopic (exact) mass is 285 g/mol. The molecule has 0 bridgehead atoms. The molecular formula is C10H12BrN3S. The minimum atomic E-state index is 0.795. The van der Waals surface area contributed by atoms with Crippen molar-refractivity contribution in [1.82, 2.24) is 15.3 Å². The zero-order valence-electron chi connectivity index (χ0n) is 8.38. The molecular weight excluding hydrogens is 274 g/mol. The van der Waals surface area contributed by atoms with E-state index in [1.165, 1.54) is 4.88 Å². The average Bonchev–Trinajstić information content (AvgIpc) is 2.83. The molecule has 0 saturated carbocycles. The highest BCUT2D eigenvalue weighted by molar-refractivity contribution is 9.11. The van der Waals surface area contributed by atoms with Crippen molar-refractivity contribution >= 4 is 27.3 Å². The van der Waals surface area contributed by atoms with Crippen LogP contribution in [0.2, 0.25) is 0 Å². The summed E-state index contributed by atoms with van der Waals surface area (Å²) >= 11 is 5.15. The number of aromatic amines is 1. The van der Waals surface area contributed by atoms with E-state index in [-0.39, 0.29) is 0 Å². The van der Waals surface area contributed by atoms with Crippen LogP contribution in [0.15, 0.2) is 22.1 Å². The highest BCUT2D eigenvalue weighted by atomic mass is 79.9. The van der Waals surface area contributed by atoms with Gasteiger partial charge in [-0.15, -0.1) is 11.3 Å². The number of thiophene rings is 1. The predicted octanol–water partition coefficient (Wildman–Crippen LogP) is 3.01. The summed E-state index contributed by atoms with van der Waals surface area (Å²) in [6.07, 6.45) is 1.88. The summed E-state index contributed by atoms with van der Waals surface area (Å²) in [7, 11) is 0. The van der Waals surface area contributed by atoms with Crippen LogP contribution in [0, 0.1) is 0 Å². The first-order chi connectivity index (χ1) is 7.29. The van der Waals surface area contributed by atoms with Crippen molar-refractivity contribution in [2.75, 3.05) is 6.54 Å². The molecule has 0 aliphatic heterocycles. The van der Waals surface area contributed by atoms with E-state index < -0.39 is 0 Å². The molecule has 5 heteroatoms. The van der Waals surface area contributed by atoms with Gasteiger partial charge in [0, 0.05) is 0 Å². The van der Waals surface area contributed by atoms with Crippen molar-refractivity contribution in [3.8, 4) is 10.6 Å². The third kappa shape index (κ3) is 2.68. The fourth-order valence-corrected chi connectivity index (χ4v) is 2.63. The number of halogens is 1.